The Hall–Kier alpha value is -0.670. The van der Waals surface area contributed by atoms with Crippen molar-refractivity contribution in [2.45, 2.75) is 20.0 Å². The second-order valence-corrected chi connectivity index (χ2v) is 3.77. The molecule has 1 N–H and O–H groups in total. The standard InChI is InChI=1S/C9H11FOS/c1-6(2)5-8(11)9-7(10)3-4-12-9/h3-5,8,11H,1-2H3. The summed E-state index contributed by atoms with van der Waals surface area (Å²) in [5, 5.41) is 11.1. The third kappa shape index (κ3) is 2.16. The summed E-state index contributed by atoms with van der Waals surface area (Å²) >= 11 is 1.23. The molecule has 1 atom stereocenters. The molecule has 1 nitrogen and oxygen atoms in total. The third-order valence-corrected chi connectivity index (χ3v) is 2.37. The topological polar surface area (TPSA) is 20.2 Å². The molecule has 0 aliphatic carbocycles. The molecule has 0 saturated carbocycles. The van der Waals surface area contributed by atoms with Gasteiger partial charge in [-0.25, -0.2) is 4.39 Å². The Morgan fingerprint density at radius 3 is 2.75 bits per heavy atom. The van der Waals surface area contributed by atoms with Crippen molar-refractivity contribution in [3.63, 3.8) is 0 Å². The van der Waals surface area contributed by atoms with Crippen molar-refractivity contribution >= 4 is 11.3 Å². The molecular formula is C9H11FOS. The Morgan fingerprint density at radius 1 is 1.67 bits per heavy atom. The molecule has 66 valence electrons. The van der Waals surface area contributed by atoms with Crippen LogP contribution in [0.1, 0.15) is 24.8 Å². The summed E-state index contributed by atoms with van der Waals surface area (Å²) in [4.78, 5) is 0.385. The van der Waals surface area contributed by atoms with Crippen molar-refractivity contribution in [1.29, 1.82) is 0 Å². The van der Waals surface area contributed by atoms with Crippen LogP contribution in [0.4, 0.5) is 4.39 Å². The molecular weight excluding hydrogens is 175 g/mol. The molecule has 0 radical (unpaired) electrons. The maximum Gasteiger partial charge on any atom is 0.140 e. The number of hydrogen-bond donors (Lipinski definition) is 1. The summed E-state index contributed by atoms with van der Waals surface area (Å²) in [6.07, 6.45) is 0.838. The second-order valence-electron chi connectivity index (χ2n) is 2.82. The van der Waals surface area contributed by atoms with Gasteiger partial charge in [-0.2, -0.15) is 0 Å². The van der Waals surface area contributed by atoms with Crippen LogP contribution in [0.2, 0.25) is 0 Å². The van der Waals surface area contributed by atoms with Crippen LogP contribution < -0.4 is 0 Å². The van der Waals surface area contributed by atoms with Gasteiger partial charge in [0.05, 0.1) is 4.88 Å². The lowest BCUT2D eigenvalue weighted by atomic mass is 10.2. The Kier molecular flexibility index (Phi) is 3.00. The molecule has 0 amide bonds. The van der Waals surface area contributed by atoms with Gasteiger partial charge in [-0.05, 0) is 25.3 Å². The highest BCUT2D eigenvalue weighted by Gasteiger charge is 2.10. The van der Waals surface area contributed by atoms with Gasteiger partial charge in [-0.1, -0.05) is 11.6 Å². The molecule has 12 heavy (non-hydrogen) atoms. The van der Waals surface area contributed by atoms with Crippen LogP contribution in [0.5, 0.6) is 0 Å². The summed E-state index contributed by atoms with van der Waals surface area (Å²) in [6.45, 7) is 3.74. The van der Waals surface area contributed by atoms with Gasteiger partial charge >= 0.3 is 0 Å². The smallest absolute Gasteiger partial charge is 0.140 e. The van der Waals surface area contributed by atoms with Crippen molar-refractivity contribution in [3.05, 3.63) is 33.8 Å². The second kappa shape index (κ2) is 3.83. The minimum Gasteiger partial charge on any atom is -0.383 e. The van der Waals surface area contributed by atoms with Crippen LogP contribution in [-0.4, -0.2) is 5.11 Å². The minimum absolute atomic E-state index is 0.329. The lowest BCUT2D eigenvalue weighted by Gasteiger charge is -2.02. The number of halogens is 1. The van der Waals surface area contributed by atoms with Crippen molar-refractivity contribution in [2.24, 2.45) is 0 Å². The van der Waals surface area contributed by atoms with Crippen LogP contribution in [0, 0.1) is 5.82 Å². The normalized spacial score (nSPS) is 12.7. The molecule has 0 spiro atoms. The van der Waals surface area contributed by atoms with Gasteiger partial charge in [0.25, 0.3) is 0 Å². The molecule has 0 fully saturated rings. The Bertz CT molecular complexity index is 286. The average molecular weight is 186 g/mol. The van der Waals surface area contributed by atoms with Crippen molar-refractivity contribution < 1.29 is 9.50 Å². The SMILES string of the molecule is CC(C)=CC(O)c1sccc1F. The first-order chi connectivity index (χ1) is 5.61. The van der Waals surface area contributed by atoms with Gasteiger partial charge in [0, 0.05) is 0 Å². The van der Waals surface area contributed by atoms with E-state index in [1.807, 2.05) is 13.8 Å². The zero-order chi connectivity index (χ0) is 9.14. The van der Waals surface area contributed by atoms with Gasteiger partial charge in [0.2, 0.25) is 0 Å². The van der Waals surface area contributed by atoms with E-state index in [1.54, 1.807) is 11.5 Å². The summed E-state index contributed by atoms with van der Waals surface area (Å²) < 4.78 is 12.9. The first kappa shape index (κ1) is 9.42. The fourth-order valence-electron chi connectivity index (χ4n) is 0.908. The number of thiophene rings is 1. The van der Waals surface area contributed by atoms with E-state index < -0.39 is 6.10 Å². The Morgan fingerprint density at radius 2 is 2.33 bits per heavy atom. The summed E-state index contributed by atoms with van der Waals surface area (Å²) in [6, 6.07) is 1.36. The van der Waals surface area contributed by atoms with E-state index in [0.717, 1.165) is 5.57 Å². The van der Waals surface area contributed by atoms with E-state index >= 15 is 0 Å². The van der Waals surface area contributed by atoms with Crippen molar-refractivity contribution in [1.82, 2.24) is 0 Å². The Labute approximate surface area is 75.2 Å². The van der Waals surface area contributed by atoms with Gasteiger partial charge in [0.15, 0.2) is 0 Å². The van der Waals surface area contributed by atoms with E-state index in [4.69, 9.17) is 0 Å². The predicted molar refractivity (Wildman–Crippen MR) is 48.7 cm³/mol. The monoisotopic (exact) mass is 186 g/mol. The van der Waals surface area contributed by atoms with Crippen molar-refractivity contribution in [2.75, 3.05) is 0 Å². The maximum atomic E-state index is 12.9. The highest BCUT2D eigenvalue weighted by atomic mass is 32.1. The first-order valence-corrected chi connectivity index (χ1v) is 4.55. The molecule has 1 unspecified atom stereocenters. The fraction of sp³-hybridized carbons (Fsp3) is 0.333. The maximum absolute atomic E-state index is 12.9. The molecule has 1 aromatic rings. The summed E-state index contributed by atoms with van der Waals surface area (Å²) in [7, 11) is 0. The van der Waals surface area contributed by atoms with Gasteiger partial charge in [-0.3, -0.25) is 0 Å². The largest absolute Gasteiger partial charge is 0.383 e. The Balaban J connectivity index is 2.85. The number of allylic oxidation sites excluding steroid dienone is 1. The molecule has 0 saturated heterocycles. The average Bonchev–Trinajstić information content (AvgIpc) is 2.33. The molecule has 1 heterocycles. The van der Waals surface area contributed by atoms with E-state index in [0.29, 0.717) is 4.88 Å². The lowest BCUT2D eigenvalue weighted by Crippen LogP contribution is -1.92. The third-order valence-electron chi connectivity index (χ3n) is 1.40. The first-order valence-electron chi connectivity index (χ1n) is 3.67. The number of aliphatic hydroxyl groups excluding tert-OH is 1. The van der Waals surface area contributed by atoms with Gasteiger partial charge in [0.1, 0.15) is 11.9 Å². The van der Waals surface area contributed by atoms with Crippen molar-refractivity contribution in [3.8, 4) is 0 Å². The van der Waals surface area contributed by atoms with Crippen LogP contribution >= 0.6 is 11.3 Å². The van der Waals surface area contributed by atoms with E-state index in [-0.39, 0.29) is 5.82 Å². The molecule has 3 heteroatoms. The highest BCUT2D eigenvalue weighted by Crippen LogP contribution is 2.24. The number of rotatable bonds is 2. The predicted octanol–water partition coefficient (Wildman–Crippen LogP) is 2.89. The fourth-order valence-corrected chi connectivity index (χ4v) is 1.63. The zero-order valence-corrected chi connectivity index (χ0v) is 7.86. The minimum atomic E-state index is -0.796. The van der Waals surface area contributed by atoms with Gasteiger partial charge < -0.3 is 5.11 Å². The molecule has 1 rings (SSSR count). The van der Waals surface area contributed by atoms with Crippen LogP contribution in [0.25, 0.3) is 0 Å². The molecule has 0 aliphatic rings. The molecule has 0 aliphatic heterocycles. The lowest BCUT2D eigenvalue weighted by molar-refractivity contribution is 0.226. The van der Waals surface area contributed by atoms with E-state index in [2.05, 4.69) is 0 Å². The van der Waals surface area contributed by atoms with Crippen LogP contribution in [-0.2, 0) is 0 Å². The van der Waals surface area contributed by atoms with Crippen LogP contribution in [0.15, 0.2) is 23.1 Å². The molecule has 0 bridgehead atoms. The molecule has 0 aromatic carbocycles. The highest BCUT2D eigenvalue weighted by molar-refractivity contribution is 7.10. The summed E-state index contributed by atoms with van der Waals surface area (Å²) in [5.41, 5.74) is 0.982. The van der Waals surface area contributed by atoms with E-state index in [9.17, 15) is 9.50 Å². The van der Waals surface area contributed by atoms with Gasteiger partial charge in [-0.15, -0.1) is 11.3 Å². The zero-order valence-electron chi connectivity index (χ0n) is 7.04. The van der Waals surface area contributed by atoms with Crippen LogP contribution in [0.3, 0.4) is 0 Å². The molecule has 1 aromatic heterocycles. The number of aliphatic hydroxyl groups is 1. The summed E-state index contributed by atoms with van der Waals surface area (Å²) in [5.74, 6) is -0.329. The van der Waals surface area contributed by atoms with E-state index in [1.165, 1.54) is 17.4 Å². The quantitative estimate of drug-likeness (QED) is 0.704. The number of hydrogen-bond acceptors (Lipinski definition) is 2.